The SMILES string of the molecule is CC(N)C1CCc2[nH]nc(C3CC3)c21. The predicted octanol–water partition coefficient (Wildman–Crippen LogP) is 1.66. The van der Waals surface area contributed by atoms with E-state index in [4.69, 9.17) is 5.73 Å². The molecule has 1 aromatic rings. The lowest BCUT2D eigenvalue weighted by Crippen LogP contribution is -2.23. The lowest BCUT2D eigenvalue weighted by molar-refractivity contribution is 0.557. The van der Waals surface area contributed by atoms with E-state index in [1.807, 2.05) is 0 Å². The lowest BCUT2D eigenvalue weighted by atomic mass is 9.93. The number of rotatable bonds is 2. The van der Waals surface area contributed by atoms with E-state index in [-0.39, 0.29) is 6.04 Å². The Morgan fingerprint density at radius 3 is 2.86 bits per heavy atom. The van der Waals surface area contributed by atoms with E-state index < -0.39 is 0 Å². The van der Waals surface area contributed by atoms with Crippen LogP contribution in [0.15, 0.2) is 0 Å². The van der Waals surface area contributed by atoms with Crippen molar-refractivity contribution in [3.05, 3.63) is 17.0 Å². The maximum absolute atomic E-state index is 6.02. The van der Waals surface area contributed by atoms with Crippen molar-refractivity contribution in [1.29, 1.82) is 0 Å². The molecule has 0 spiro atoms. The first-order valence-corrected chi connectivity index (χ1v) is 5.60. The van der Waals surface area contributed by atoms with Crippen LogP contribution in [0.4, 0.5) is 0 Å². The summed E-state index contributed by atoms with van der Waals surface area (Å²) in [5, 5.41) is 7.64. The molecule has 2 aliphatic rings. The predicted molar refractivity (Wildman–Crippen MR) is 55.3 cm³/mol. The number of hydrogen-bond acceptors (Lipinski definition) is 2. The molecule has 1 aromatic heterocycles. The summed E-state index contributed by atoms with van der Waals surface area (Å²) in [4.78, 5) is 0. The third-order valence-corrected chi connectivity index (χ3v) is 3.59. The van der Waals surface area contributed by atoms with Crippen LogP contribution in [0.3, 0.4) is 0 Å². The van der Waals surface area contributed by atoms with Gasteiger partial charge in [-0.2, -0.15) is 5.10 Å². The van der Waals surface area contributed by atoms with E-state index in [1.54, 1.807) is 0 Å². The van der Waals surface area contributed by atoms with Gasteiger partial charge in [0.25, 0.3) is 0 Å². The van der Waals surface area contributed by atoms with Crippen molar-refractivity contribution < 1.29 is 0 Å². The molecular formula is C11H17N3. The highest BCUT2D eigenvalue weighted by atomic mass is 15.1. The van der Waals surface area contributed by atoms with Crippen molar-refractivity contribution >= 4 is 0 Å². The Balaban J connectivity index is 2.01. The number of fused-ring (bicyclic) bond motifs is 1. The second kappa shape index (κ2) is 2.83. The molecule has 3 N–H and O–H groups in total. The van der Waals surface area contributed by atoms with E-state index in [2.05, 4.69) is 17.1 Å². The second-order valence-electron chi connectivity index (χ2n) is 4.78. The van der Waals surface area contributed by atoms with Gasteiger partial charge in [0.15, 0.2) is 0 Å². The molecule has 0 radical (unpaired) electrons. The fourth-order valence-corrected chi connectivity index (χ4v) is 2.64. The molecule has 3 heteroatoms. The topological polar surface area (TPSA) is 54.7 Å². The number of nitrogens with one attached hydrogen (secondary N) is 1. The fraction of sp³-hybridized carbons (Fsp3) is 0.727. The van der Waals surface area contributed by atoms with Crippen molar-refractivity contribution in [3.63, 3.8) is 0 Å². The molecule has 3 nitrogen and oxygen atoms in total. The largest absolute Gasteiger partial charge is 0.327 e. The first kappa shape index (κ1) is 8.48. The average molecular weight is 191 g/mol. The molecule has 1 saturated carbocycles. The standard InChI is InChI=1S/C11H17N3/c1-6(12)8-4-5-9-10(8)11(14-13-9)7-2-3-7/h6-8H,2-5,12H2,1H3,(H,13,14). The van der Waals surface area contributed by atoms with Crippen LogP contribution >= 0.6 is 0 Å². The molecule has 14 heavy (non-hydrogen) atoms. The molecule has 0 saturated heterocycles. The highest BCUT2D eigenvalue weighted by Gasteiger charge is 2.36. The van der Waals surface area contributed by atoms with E-state index in [1.165, 1.54) is 36.2 Å². The van der Waals surface area contributed by atoms with E-state index in [0.29, 0.717) is 5.92 Å². The Morgan fingerprint density at radius 1 is 1.43 bits per heavy atom. The average Bonchev–Trinajstić information content (AvgIpc) is 2.77. The molecule has 3 rings (SSSR count). The van der Waals surface area contributed by atoms with E-state index in [0.717, 1.165) is 12.3 Å². The Kier molecular flexibility index (Phi) is 1.71. The van der Waals surface area contributed by atoms with E-state index in [9.17, 15) is 0 Å². The summed E-state index contributed by atoms with van der Waals surface area (Å²) < 4.78 is 0. The van der Waals surface area contributed by atoms with Gasteiger partial charge in [-0.05, 0) is 32.6 Å². The summed E-state index contributed by atoms with van der Waals surface area (Å²) in [5.41, 5.74) is 10.2. The van der Waals surface area contributed by atoms with Crippen LogP contribution in [0.2, 0.25) is 0 Å². The van der Waals surface area contributed by atoms with Gasteiger partial charge in [0.05, 0.1) is 5.69 Å². The Hall–Kier alpha value is -0.830. The fourth-order valence-electron chi connectivity index (χ4n) is 2.64. The number of nitrogens with two attached hydrogens (primary N) is 1. The summed E-state index contributed by atoms with van der Waals surface area (Å²) in [6.07, 6.45) is 4.99. The summed E-state index contributed by atoms with van der Waals surface area (Å²) in [6, 6.07) is 0.270. The van der Waals surface area contributed by atoms with Crippen molar-refractivity contribution in [2.45, 2.75) is 50.5 Å². The number of aromatic nitrogens is 2. The molecule has 2 atom stereocenters. The normalized spacial score (nSPS) is 27.7. The van der Waals surface area contributed by atoms with Crippen molar-refractivity contribution in [2.75, 3.05) is 0 Å². The second-order valence-corrected chi connectivity index (χ2v) is 4.78. The van der Waals surface area contributed by atoms with Gasteiger partial charge in [0, 0.05) is 29.1 Å². The molecule has 2 unspecified atom stereocenters. The zero-order valence-corrected chi connectivity index (χ0v) is 8.59. The number of H-pyrrole nitrogens is 1. The number of aryl methyl sites for hydroxylation is 1. The van der Waals surface area contributed by atoms with Crippen LogP contribution in [-0.2, 0) is 6.42 Å². The van der Waals surface area contributed by atoms with Crippen molar-refractivity contribution in [3.8, 4) is 0 Å². The minimum atomic E-state index is 0.270. The summed E-state index contributed by atoms with van der Waals surface area (Å²) in [7, 11) is 0. The van der Waals surface area contributed by atoms with Gasteiger partial charge in [-0.3, -0.25) is 5.10 Å². The van der Waals surface area contributed by atoms with Crippen LogP contribution in [0, 0.1) is 0 Å². The molecule has 1 fully saturated rings. The van der Waals surface area contributed by atoms with Crippen molar-refractivity contribution in [2.24, 2.45) is 5.73 Å². The molecule has 2 aliphatic carbocycles. The van der Waals surface area contributed by atoms with Gasteiger partial charge in [-0.25, -0.2) is 0 Å². The molecule has 1 heterocycles. The minimum absolute atomic E-state index is 0.270. The van der Waals surface area contributed by atoms with Gasteiger partial charge in [0.1, 0.15) is 0 Å². The molecule has 0 aliphatic heterocycles. The van der Waals surface area contributed by atoms with Gasteiger partial charge < -0.3 is 5.73 Å². The maximum atomic E-state index is 6.02. The zero-order chi connectivity index (χ0) is 9.71. The number of hydrogen-bond donors (Lipinski definition) is 2. The summed E-state index contributed by atoms with van der Waals surface area (Å²) in [5.74, 6) is 1.30. The Labute approximate surface area is 84.1 Å². The smallest absolute Gasteiger partial charge is 0.0691 e. The van der Waals surface area contributed by atoms with Crippen LogP contribution in [0.5, 0.6) is 0 Å². The lowest BCUT2D eigenvalue weighted by Gasteiger charge is -2.15. The zero-order valence-electron chi connectivity index (χ0n) is 8.59. The highest BCUT2D eigenvalue weighted by Crippen LogP contribution is 2.46. The van der Waals surface area contributed by atoms with Crippen LogP contribution < -0.4 is 5.73 Å². The maximum Gasteiger partial charge on any atom is 0.0691 e. The van der Waals surface area contributed by atoms with Crippen LogP contribution in [0.1, 0.15) is 55.0 Å². The monoisotopic (exact) mass is 191 g/mol. The molecule has 0 aromatic carbocycles. The summed E-state index contributed by atoms with van der Waals surface area (Å²) >= 11 is 0. The highest BCUT2D eigenvalue weighted by molar-refractivity contribution is 5.38. The van der Waals surface area contributed by atoms with Crippen molar-refractivity contribution in [1.82, 2.24) is 10.2 Å². The van der Waals surface area contributed by atoms with Gasteiger partial charge in [0.2, 0.25) is 0 Å². The third-order valence-electron chi connectivity index (χ3n) is 3.59. The number of aromatic amines is 1. The van der Waals surface area contributed by atoms with Gasteiger partial charge in [-0.15, -0.1) is 0 Å². The molecule has 0 amide bonds. The van der Waals surface area contributed by atoms with E-state index >= 15 is 0 Å². The Bertz CT molecular complexity index is 349. The van der Waals surface area contributed by atoms with Gasteiger partial charge in [-0.1, -0.05) is 0 Å². The molecular weight excluding hydrogens is 174 g/mol. The first-order valence-electron chi connectivity index (χ1n) is 5.60. The Morgan fingerprint density at radius 2 is 2.21 bits per heavy atom. The quantitative estimate of drug-likeness (QED) is 0.747. The summed E-state index contributed by atoms with van der Waals surface area (Å²) in [6.45, 7) is 2.11. The third kappa shape index (κ3) is 1.12. The first-order chi connectivity index (χ1) is 6.77. The minimum Gasteiger partial charge on any atom is -0.327 e. The number of nitrogens with zero attached hydrogens (tertiary/aromatic N) is 1. The molecule has 76 valence electrons. The molecule has 0 bridgehead atoms. The van der Waals surface area contributed by atoms with Gasteiger partial charge >= 0.3 is 0 Å². The van der Waals surface area contributed by atoms with Crippen LogP contribution in [0.25, 0.3) is 0 Å². The van der Waals surface area contributed by atoms with Crippen LogP contribution in [-0.4, -0.2) is 16.2 Å².